The summed E-state index contributed by atoms with van der Waals surface area (Å²) in [6, 6.07) is 0. The van der Waals surface area contributed by atoms with E-state index in [1.165, 1.54) is 32.1 Å². The molecule has 0 heterocycles. The highest BCUT2D eigenvalue weighted by molar-refractivity contribution is 5.17. The van der Waals surface area contributed by atoms with Gasteiger partial charge < -0.3 is 9.47 Å². The number of hydrogen-bond acceptors (Lipinski definition) is 2. The minimum atomic E-state index is -0.670. The van der Waals surface area contributed by atoms with Crippen LogP contribution in [0.4, 0.5) is 0 Å². The van der Waals surface area contributed by atoms with Gasteiger partial charge in [0.05, 0.1) is 0 Å². The van der Waals surface area contributed by atoms with Crippen molar-refractivity contribution in [2.24, 2.45) is 5.92 Å². The fourth-order valence-corrected chi connectivity index (χ4v) is 2.70. The summed E-state index contributed by atoms with van der Waals surface area (Å²) < 4.78 is 11.7. The molecular formula is C19H36O2. The SMILES string of the molecule is C=C(C(C=CC)CCCCCCC)C(C)(OCC)OCC. The van der Waals surface area contributed by atoms with E-state index in [4.69, 9.17) is 9.47 Å². The van der Waals surface area contributed by atoms with Gasteiger partial charge in [-0.25, -0.2) is 0 Å². The van der Waals surface area contributed by atoms with Gasteiger partial charge in [-0.2, -0.15) is 0 Å². The number of allylic oxidation sites excluding steroid dienone is 2. The lowest BCUT2D eigenvalue weighted by molar-refractivity contribution is -0.197. The van der Waals surface area contributed by atoms with E-state index in [2.05, 4.69) is 32.6 Å². The molecule has 0 amide bonds. The zero-order chi connectivity index (χ0) is 16.1. The van der Waals surface area contributed by atoms with E-state index < -0.39 is 5.79 Å². The van der Waals surface area contributed by atoms with E-state index in [-0.39, 0.29) is 0 Å². The summed E-state index contributed by atoms with van der Waals surface area (Å²) in [6.07, 6.45) is 12.0. The number of unbranched alkanes of at least 4 members (excludes halogenated alkanes) is 4. The van der Waals surface area contributed by atoms with Crippen LogP contribution in [-0.4, -0.2) is 19.0 Å². The first kappa shape index (κ1) is 20.4. The van der Waals surface area contributed by atoms with Crippen LogP contribution in [0, 0.1) is 5.92 Å². The molecule has 0 aromatic rings. The van der Waals surface area contributed by atoms with Gasteiger partial charge in [-0.3, -0.25) is 0 Å². The molecule has 21 heavy (non-hydrogen) atoms. The first-order valence-corrected chi connectivity index (χ1v) is 8.65. The third-order valence-corrected chi connectivity index (χ3v) is 3.91. The van der Waals surface area contributed by atoms with Crippen molar-refractivity contribution < 1.29 is 9.47 Å². The Hall–Kier alpha value is -0.600. The maximum atomic E-state index is 5.85. The standard InChI is InChI=1S/C19H36O2/c1-7-11-12-13-14-16-18(15-8-2)17(5)19(6,20-9-3)21-10-4/h8,15,18H,5,7,9-14,16H2,1-4,6H3. The lowest BCUT2D eigenvalue weighted by atomic mass is 9.88. The number of ether oxygens (including phenoxy) is 2. The first-order chi connectivity index (χ1) is 10.1. The quantitative estimate of drug-likeness (QED) is 0.240. The largest absolute Gasteiger partial charge is 0.347 e. The van der Waals surface area contributed by atoms with Crippen LogP contribution in [-0.2, 0) is 9.47 Å². The van der Waals surface area contributed by atoms with Crippen LogP contribution in [0.1, 0.15) is 73.1 Å². The van der Waals surface area contributed by atoms with Crippen LogP contribution in [0.15, 0.2) is 24.3 Å². The Labute approximate surface area is 132 Å². The highest BCUT2D eigenvalue weighted by Crippen LogP contribution is 2.32. The molecule has 2 heteroatoms. The van der Waals surface area contributed by atoms with Gasteiger partial charge in [0.25, 0.3) is 0 Å². The second-order valence-electron chi connectivity index (χ2n) is 5.67. The van der Waals surface area contributed by atoms with Crippen LogP contribution >= 0.6 is 0 Å². The molecule has 1 unspecified atom stereocenters. The van der Waals surface area contributed by atoms with E-state index in [1.807, 2.05) is 20.8 Å². The maximum absolute atomic E-state index is 5.85. The Morgan fingerprint density at radius 2 is 1.62 bits per heavy atom. The molecule has 0 N–H and O–H groups in total. The summed E-state index contributed by atoms with van der Waals surface area (Å²) >= 11 is 0. The van der Waals surface area contributed by atoms with Gasteiger partial charge in [0.15, 0.2) is 5.79 Å². The molecule has 0 saturated heterocycles. The molecule has 0 radical (unpaired) electrons. The van der Waals surface area contributed by atoms with Crippen LogP contribution in [0.5, 0.6) is 0 Å². The Kier molecular flexibility index (Phi) is 11.7. The van der Waals surface area contributed by atoms with Crippen molar-refractivity contribution >= 4 is 0 Å². The molecule has 2 nitrogen and oxygen atoms in total. The molecule has 0 aliphatic carbocycles. The fraction of sp³-hybridized carbons (Fsp3) is 0.789. The maximum Gasteiger partial charge on any atom is 0.188 e. The lowest BCUT2D eigenvalue weighted by Gasteiger charge is -2.34. The van der Waals surface area contributed by atoms with Crippen molar-refractivity contribution in [3.05, 3.63) is 24.3 Å². The summed E-state index contributed by atoms with van der Waals surface area (Å²) in [5.41, 5.74) is 1.04. The van der Waals surface area contributed by atoms with E-state index in [1.54, 1.807) is 0 Å². The molecule has 0 aromatic carbocycles. The molecule has 0 aliphatic rings. The second kappa shape index (κ2) is 12.0. The molecule has 0 fully saturated rings. The summed E-state index contributed by atoms with van der Waals surface area (Å²) in [5.74, 6) is -0.336. The fourth-order valence-electron chi connectivity index (χ4n) is 2.70. The van der Waals surface area contributed by atoms with Gasteiger partial charge in [-0.1, -0.05) is 57.8 Å². The van der Waals surface area contributed by atoms with Crippen LogP contribution in [0.3, 0.4) is 0 Å². The van der Waals surface area contributed by atoms with Gasteiger partial charge in [0, 0.05) is 19.1 Å². The smallest absolute Gasteiger partial charge is 0.188 e. The average Bonchev–Trinajstić information content (AvgIpc) is 2.45. The minimum Gasteiger partial charge on any atom is -0.347 e. The molecule has 1 atom stereocenters. The normalized spacial score (nSPS) is 13.8. The Morgan fingerprint density at radius 3 is 2.10 bits per heavy atom. The van der Waals surface area contributed by atoms with Crippen molar-refractivity contribution in [1.82, 2.24) is 0 Å². The van der Waals surface area contributed by atoms with Crippen molar-refractivity contribution in [2.45, 2.75) is 78.9 Å². The van der Waals surface area contributed by atoms with Crippen LogP contribution in [0.2, 0.25) is 0 Å². The Morgan fingerprint density at radius 1 is 1.05 bits per heavy atom. The highest BCUT2D eigenvalue weighted by atomic mass is 16.7. The molecule has 0 aliphatic heterocycles. The summed E-state index contributed by atoms with van der Waals surface area (Å²) in [5, 5.41) is 0. The molecular weight excluding hydrogens is 260 g/mol. The average molecular weight is 296 g/mol. The molecule has 0 saturated carbocycles. The molecule has 0 aromatic heterocycles. The number of rotatable bonds is 13. The van der Waals surface area contributed by atoms with E-state index in [9.17, 15) is 0 Å². The van der Waals surface area contributed by atoms with Crippen LogP contribution in [0.25, 0.3) is 0 Å². The van der Waals surface area contributed by atoms with Gasteiger partial charge in [-0.15, -0.1) is 0 Å². The van der Waals surface area contributed by atoms with Gasteiger partial charge in [0.1, 0.15) is 0 Å². The van der Waals surface area contributed by atoms with Crippen molar-refractivity contribution in [3.63, 3.8) is 0 Å². The lowest BCUT2D eigenvalue weighted by Crippen LogP contribution is -2.37. The van der Waals surface area contributed by atoms with Crippen molar-refractivity contribution in [2.75, 3.05) is 13.2 Å². The number of hydrogen-bond donors (Lipinski definition) is 0. The van der Waals surface area contributed by atoms with Gasteiger partial charge in [0.2, 0.25) is 0 Å². The topological polar surface area (TPSA) is 18.5 Å². The monoisotopic (exact) mass is 296 g/mol. The molecule has 0 spiro atoms. The summed E-state index contributed by atoms with van der Waals surface area (Å²) in [6.45, 7) is 15.9. The van der Waals surface area contributed by atoms with Gasteiger partial charge in [-0.05, 0) is 39.7 Å². The predicted octanol–water partition coefficient (Wildman–Crippen LogP) is 5.88. The Balaban J connectivity index is 4.63. The van der Waals surface area contributed by atoms with Crippen molar-refractivity contribution in [1.29, 1.82) is 0 Å². The Bertz CT molecular complexity index is 288. The first-order valence-electron chi connectivity index (χ1n) is 8.65. The predicted molar refractivity (Wildman–Crippen MR) is 92.5 cm³/mol. The summed E-state index contributed by atoms with van der Waals surface area (Å²) in [4.78, 5) is 0. The van der Waals surface area contributed by atoms with E-state index in [0.29, 0.717) is 19.1 Å². The minimum absolute atomic E-state index is 0.333. The van der Waals surface area contributed by atoms with Gasteiger partial charge >= 0.3 is 0 Å². The molecule has 0 bridgehead atoms. The molecule has 0 rings (SSSR count). The van der Waals surface area contributed by atoms with Crippen LogP contribution < -0.4 is 0 Å². The third-order valence-electron chi connectivity index (χ3n) is 3.91. The zero-order valence-electron chi connectivity index (χ0n) is 14.9. The van der Waals surface area contributed by atoms with E-state index >= 15 is 0 Å². The van der Waals surface area contributed by atoms with E-state index in [0.717, 1.165) is 12.0 Å². The molecule has 124 valence electrons. The second-order valence-corrected chi connectivity index (χ2v) is 5.67. The highest BCUT2D eigenvalue weighted by Gasteiger charge is 2.32. The zero-order valence-corrected chi connectivity index (χ0v) is 14.9. The summed E-state index contributed by atoms with van der Waals surface area (Å²) in [7, 11) is 0. The van der Waals surface area contributed by atoms with Crippen molar-refractivity contribution in [3.8, 4) is 0 Å². The third kappa shape index (κ3) is 7.82.